The van der Waals surface area contributed by atoms with Crippen molar-refractivity contribution in [2.75, 3.05) is 14.2 Å². The van der Waals surface area contributed by atoms with E-state index in [2.05, 4.69) is 33.0 Å². The van der Waals surface area contributed by atoms with Gasteiger partial charge in [-0.15, -0.1) is 0 Å². The molecule has 0 unspecified atom stereocenters. The molecule has 0 saturated carbocycles. The van der Waals surface area contributed by atoms with E-state index in [0.29, 0.717) is 23.6 Å². The van der Waals surface area contributed by atoms with Crippen molar-refractivity contribution in [3.63, 3.8) is 0 Å². The first kappa shape index (κ1) is 20.2. The Morgan fingerprint density at radius 2 is 1.75 bits per heavy atom. The molecule has 1 amide bonds. The summed E-state index contributed by atoms with van der Waals surface area (Å²) in [5.41, 5.74) is 4.45. The highest BCUT2D eigenvalue weighted by Gasteiger charge is 2.18. The normalized spacial score (nSPS) is 10.6. The third kappa shape index (κ3) is 3.99. The predicted octanol–water partition coefficient (Wildman–Crippen LogP) is 4.04. The number of aryl methyl sites for hydroxylation is 1. The van der Waals surface area contributed by atoms with Crippen LogP contribution in [0.1, 0.15) is 27.3 Å². The van der Waals surface area contributed by atoms with Gasteiger partial charge in [0, 0.05) is 21.4 Å². The minimum absolute atomic E-state index is 0.170. The monoisotopic (exact) mass is 491 g/mol. The molecule has 0 atom stereocenters. The fourth-order valence-electron chi connectivity index (χ4n) is 3.04. The lowest BCUT2D eigenvalue weighted by Gasteiger charge is -2.12. The zero-order valence-electron chi connectivity index (χ0n) is 16.2. The summed E-state index contributed by atoms with van der Waals surface area (Å²) < 4.78 is 13.3. The molecule has 0 aliphatic carbocycles. The molecule has 0 fully saturated rings. The summed E-state index contributed by atoms with van der Waals surface area (Å²) in [6.45, 7) is 4.36. The molecule has 2 aromatic carbocycles. The first-order chi connectivity index (χ1) is 13.5. The number of benzene rings is 2. The molecule has 0 spiro atoms. The summed E-state index contributed by atoms with van der Waals surface area (Å²) >= 11 is 2.12. The lowest BCUT2D eigenvalue weighted by atomic mass is 10.1. The van der Waals surface area contributed by atoms with Crippen LogP contribution in [0.4, 0.5) is 0 Å². The number of para-hydroxylation sites is 1. The number of nitrogens with one attached hydrogen (secondary N) is 1. The van der Waals surface area contributed by atoms with Gasteiger partial charge in [-0.05, 0) is 60.7 Å². The maximum Gasteiger partial charge on any atom is 0.252 e. The van der Waals surface area contributed by atoms with Crippen molar-refractivity contribution < 1.29 is 14.3 Å². The van der Waals surface area contributed by atoms with Gasteiger partial charge < -0.3 is 14.8 Å². The van der Waals surface area contributed by atoms with Crippen molar-refractivity contribution in [2.45, 2.75) is 20.4 Å². The number of halogens is 1. The van der Waals surface area contributed by atoms with Gasteiger partial charge in [-0.25, -0.2) is 4.68 Å². The maximum atomic E-state index is 12.8. The van der Waals surface area contributed by atoms with Gasteiger partial charge in [0.25, 0.3) is 5.91 Å². The van der Waals surface area contributed by atoms with E-state index in [1.807, 2.05) is 48.9 Å². The molecule has 3 rings (SSSR count). The number of amides is 1. The largest absolute Gasteiger partial charge is 0.493 e. The number of carbonyl (C=O) groups is 1. The molecule has 0 radical (unpaired) electrons. The van der Waals surface area contributed by atoms with E-state index in [0.717, 1.165) is 26.2 Å². The van der Waals surface area contributed by atoms with E-state index in [9.17, 15) is 4.79 Å². The predicted molar refractivity (Wildman–Crippen MR) is 116 cm³/mol. The summed E-state index contributed by atoms with van der Waals surface area (Å²) in [5.74, 6) is 0.952. The average molecular weight is 491 g/mol. The highest BCUT2D eigenvalue weighted by atomic mass is 127. The second-order valence-electron chi connectivity index (χ2n) is 6.27. The molecule has 0 aliphatic rings. The molecule has 6 nitrogen and oxygen atoms in total. The smallest absolute Gasteiger partial charge is 0.252 e. The molecule has 1 aromatic heterocycles. The van der Waals surface area contributed by atoms with Crippen LogP contribution >= 0.6 is 22.6 Å². The Kier molecular flexibility index (Phi) is 6.23. The number of carbonyl (C=O) groups excluding carboxylic acids is 1. The third-order valence-electron chi connectivity index (χ3n) is 4.59. The lowest BCUT2D eigenvalue weighted by molar-refractivity contribution is 0.0949. The van der Waals surface area contributed by atoms with Gasteiger partial charge in [-0.3, -0.25) is 4.79 Å². The fourth-order valence-corrected chi connectivity index (χ4v) is 3.73. The highest BCUT2D eigenvalue weighted by molar-refractivity contribution is 14.1. The van der Waals surface area contributed by atoms with E-state index in [1.165, 1.54) is 0 Å². The first-order valence-electron chi connectivity index (χ1n) is 8.76. The Hall–Kier alpha value is -2.55. The summed E-state index contributed by atoms with van der Waals surface area (Å²) in [6, 6.07) is 13.4. The number of nitrogens with zero attached hydrogens (tertiary/aromatic N) is 2. The third-order valence-corrected chi connectivity index (χ3v) is 5.48. The standard InChI is InChI=1S/C21H22IN3O3/c1-13-17(14(2)25(24-13)15-8-6-5-7-9-15)12-23-21(26)16-10-19(27-3)20(28-4)11-18(16)22/h5-11H,12H2,1-4H3,(H,23,26). The number of hydrogen-bond donors (Lipinski definition) is 1. The van der Waals surface area contributed by atoms with Crippen LogP contribution in [0.5, 0.6) is 11.5 Å². The van der Waals surface area contributed by atoms with Crippen LogP contribution in [0.3, 0.4) is 0 Å². The van der Waals surface area contributed by atoms with Gasteiger partial charge in [0.1, 0.15) is 0 Å². The fraction of sp³-hybridized carbons (Fsp3) is 0.238. The molecule has 1 N–H and O–H groups in total. The number of methoxy groups -OCH3 is 2. The van der Waals surface area contributed by atoms with Gasteiger partial charge >= 0.3 is 0 Å². The summed E-state index contributed by atoms with van der Waals surface area (Å²) in [5, 5.41) is 7.62. The van der Waals surface area contributed by atoms with Crippen molar-refractivity contribution in [3.05, 3.63) is 68.5 Å². The van der Waals surface area contributed by atoms with Crippen LogP contribution in [-0.2, 0) is 6.54 Å². The molecule has 146 valence electrons. The van der Waals surface area contributed by atoms with E-state index in [-0.39, 0.29) is 5.91 Å². The molecular formula is C21H22IN3O3. The van der Waals surface area contributed by atoms with Crippen molar-refractivity contribution in [1.29, 1.82) is 0 Å². The van der Waals surface area contributed by atoms with Crippen LogP contribution in [-0.4, -0.2) is 29.9 Å². The Morgan fingerprint density at radius 3 is 2.39 bits per heavy atom. The van der Waals surface area contributed by atoms with Gasteiger partial charge in [0.15, 0.2) is 11.5 Å². The van der Waals surface area contributed by atoms with Crippen LogP contribution in [0.15, 0.2) is 42.5 Å². The minimum Gasteiger partial charge on any atom is -0.493 e. The second-order valence-corrected chi connectivity index (χ2v) is 7.43. The second kappa shape index (κ2) is 8.64. The Morgan fingerprint density at radius 1 is 1.11 bits per heavy atom. The van der Waals surface area contributed by atoms with Crippen LogP contribution in [0, 0.1) is 17.4 Å². The molecule has 0 saturated heterocycles. The van der Waals surface area contributed by atoms with Crippen molar-refractivity contribution in [1.82, 2.24) is 15.1 Å². The topological polar surface area (TPSA) is 65.4 Å². The van der Waals surface area contributed by atoms with Gasteiger partial charge in [-0.2, -0.15) is 5.10 Å². The van der Waals surface area contributed by atoms with Gasteiger partial charge in [0.05, 0.1) is 31.2 Å². The molecule has 28 heavy (non-hydrogen) atoms. The molecule has 0 aliphatic heterocycles. The summed E-state index contributed by atoms with van der Waals surface area (Å²) in [4.78, 5) is 12.8. The quantitative estimate of drug-likeness (QED) is 0.529. The Balaban J connectivity index is 1.82. The maximum absolute atomic E-state index is 12.8. The van der Waals surface area contributed by atoms with E-state index >= 15 is 0 Å². The van der Waals surface area contributed by atoms with Crippen LogP contribution < -0.4 is 14.8 Å². The summed E-state index contributed by atoms with van der Waals surface area (Å²) in [7, 11) is 3.13. The zero-order valence-corrected chi connectivity index (χ0v) is 18.4. The van der Waals surface area contributed by atoms with E-state index in [4.69, 9.17) is 9.47 Å². The average Bonchev–Trinajstić information content (AvgIpc) is 3.00. The number of aromatic nitrogens is 2. The van der Waals surface area contributed by atoms with Crippen molar-refractivity contribution in [2.24, 2.45) is 0 Å². The van der Waals surface area contributed by atoms with E-state index in [1.54, 1.807) is 26.4 Å². The Labute approximate surface area is 178 Å². The Bertz CT molecular complexity index is 1000. The minimum atomic E-state index is -0.170. The van der Waals surface area contributed by atoms with Crippen molar-refractivity contribution >= 4 is 28.5 Å². The molecule has 1 heterocycles. The summed E-state index contributed by atoms with van der Waals surface area (Å²) in [6.07, 6.45) is 0. The van der Waals surface area contributed by atoms with Crippen LogP contribution in [0.2, 0.25) is 0 Å². The molecule has 7 heteroatoms. The molecule has 0 bridgehead atoms. The molecular weight excluding hydrogens is 469 g/mol. The highest BCUT2D eigenvalue weighted by Crippen LogP contribution is 2.31. The van der Waals surface area contributed by atoms with Crippen molar-refractivity contribution in [3.8, 4) is 17.2 Å². The van der Waals surface area contributed by atoms with Crippen LogP contribution in [0.25, 0.3) is 5.69 Å². The number of ether oxygens (including phenoxy) is 2. The van der Waals surface area contributed by atoms with E-state index < -0.39 is 0 Å². The number of rotatable bonds is 6. The molecule has 3 aromatic rings. The zero-order chi connectivity index (χ0) is 20.3. The first-order valence-corrected chi connectivity index (χ1v) is 9.84. The van der Waals surface area contributed by atoms with Gasteiger partial charge in [0.2, 0.25) is 0 Å². The SMILES string of the molecule is COc1cc(I)c(C(=O)NCc2c(C)nn(-c3ccccc3)c2C)cc1OC. The number of hydrogen-bond acceptors (Lipinski definition) is 4. The lowest BCUT2D eigenvalue weighted by Crippen LogP contribution is -2.24. The van der Waals surface area contributed by atoms with Gasteiger partial charge in [-0.1, -0.05) is 18.2 Å².